The summed E-state index contributed by atoms with van der Waals surface area (Å²) in [5.41, 5.74) is 1.40. The lowest BCUT2D eigenvalue weighted by Crippen LogP contribution is -2.40. The fourth-order valence-corrected chi connectivity index (χ4v) is 3.89. The van der Waals surface area contributed by atoms with Crippen LogP contribution in [0, 0.1) is 0 Å². The molecule has 1 heterocycles. The molecule has 0 atom stereocenters. The largest absolute Gasteiger partial charge is 0.342 e. The van der Waals surface area contributed by atoms with Crippen LogP contribution in [0.25, 0.3) is 0 Å². The van der Waals surface area contributed by atoms with Gasteiger partial charge in [0.15, 0.2) is 0 Å². The highest BCUT2D eigenvalue weighted by Crippen LogP contribution is 2.29. The Morgan fingerprint density at radius 1 is 1.24 bits per heavy atom. The van der Waals surface area contributed by atoms with Gasteiger partial charge in [-0.25, -0.2) is 13.1 Å². The standard InChI is InChI=1S/C17H25N3O4S/c1-4-8-20(9-5-2)17(22)12-18-25(23,24)14-6-7-15-13(10-14)11-16(21)19(15)3/h6-7,10,18H,4-5,8-9,11-12H2,1-3H3. The van der Waals surface area contributed by atoms with Gasteiger partial charge in [0, 0.05) is 25.8 Å². The lowest BCUT2D eigenvalue weighted by atomic mass is 10.2. The van der Waals surface area contributed by atoms with E-state index in [-0.39, 0.29) is 29.7 Å². The fourth-order valence-electron chi connectivity index (χ4n) is 2.87. The molecule has 2 rings (SSSR count). The Balaban J connectivity index is 2.08. The van der Waals surface area contributed by atoms with Crippen molar-refractivity contribution in [3.8, 4) is 0 Å². The molecule has 0 radical (unpaired) electrons. The molecule has 0 saturated carbocycles. The number of amides is 2. The first-order chi connectivity index (χ1) is 11.8. The first-order valence-electron chi connectivity index (χ1n) is 8.47. The van der Waals surface area contributed by atoms with Crippen molar-refractivity contribution in [2.75, 3.05) is 31.6 Å². The van der Waals surface area contributed by atoms with Crippen molar-refractivity contribution in [1.82, 2.24) is 9.62 Å². The molecule has 2 amide bonds. The van der Waals surface area contributed by atoms with Crippen LogP contribution >= 0.6 is 0 Å². The lowest BCUT2D eigenvalue weighted by molar-refractivity contribution is -0.130. The topological polar surface area (TPSA) is 86.8 Å². The van der Waals surface area contributed by atoms with Crippen molar-refractivity contribution in [3.05, 3.63) is 23.8 Å². The van der Waals surface area contributed by atoms with Gasteiger partial charge in [-0.05, 0) is 36.6 Å². The van der Waals surface area contributed by atoms with Gasteiger partial charge in [0.2, 0.25) is 21.8 Å². The number of fused-ring (bicyclic) bond motifs is 1. The molecule has 0 spiro atoms. The van der Waals surface area contributed by atoms with Crippen molar-refractivity contribution in [2.24, 2.45) is 0 Å². The maximum atomic E-state index is 12.5. The van der Waals surface area contributed by atoms with E-state index in [1.54, 1.807) is 18.0 Å². The van der Waals surface area contributed by atoms with E-state index in [4.69, 9.17) is 0 Å². The highest BCUT2D eigenvalue weighted by molar-refractivity contribution is 7.89. The van der Waals surface area contributed by atoms with Crippen LogP contribution in [0.5, 0.6) is 0 Å². The zero-order chi connectivity index (χ0) is 18.6. The van der Waals surface area contributed by atoms with E-state index < -0.39 is 10.0 Å². The Morgan fingerprint density at radius 2 is 1.88 bits per heavy atom. The summed E-state index contributed by atoms with van der Waals surface area (Å²) in [5, 5.41) is 0. The number of nitrogens with one attached hydrogen (secondary N) is 1. The van der Waals surface area contributed by atoms with Crippen molar-refractivity contribution < 1.29 is 18.0 Å². The number of carbonyl (C=O) groups excluding carboxylic acids is 2. The monoisotopic (exact) mass is 367 g/mol. The number of hydrogen-bond donors (Lipinski definition) is 1. The summed E-state index contributed by atoms with van der Waals surface area (Å²) >= 11 is 0. The first-order valence-corrected chi connectivity index (χ1v) is 9.95. The van der Waals surface area contributed by atoms with Crippen LogP contribution in [0.2, 0.25) is 0 Å². The highest BCUT2D eigenvalue weighted by atomic mass is 32.2. The number of hydrogen-bond acceptors (Lipinski definition) is 4. The Labute approximate surface area is 149 Å². The number of rotatable bonds is 8. The number of benzene rings is 1. The summed E-state index contributed by atoms with van der Waals surface area (Å²) in [7, 11) is -2.14. The SMILES string of the molecule is CCCN(CCC)C(=O)CNS(=O)(=O)c1ccc2c(c1)CC(=O)N2C. The number of sulfonamides is 1. The molecule has 1 N–H and O–H groups in total. The maximum absolute atomic E-state index is 12.5. The summed E-state index contributed by atoms with van der Waals surface area (Å²) in [6, 6.07) is 4.58. The van der Waals surface area contributed by atoms with Crippen molar-refractivity contribution in [3.63, 3.8) is 0 Å². The van der Waals surface area contributed by atoms with Gasteiger partial charge in [0.05, 0.1) is 17.9 Å². The predicted octanol–water partition coefficient (Wildman–Crippen LogP) is 1.13. The Hall–Kier alpha value is -1.93. The molecule has 25 heavy (non-hydrogen) atoms. The van der Waals surface area contributed by atoms with Crippen LogP contribution in [0.1, 0.15) is 32.3 Å². The van der Waals surface area contributed by atoms with E-state index >= 15 is 0 Å². The highest BCUT2D eigenvalue weighted by Gasteiger charge is 2.26. The Kier molecular flexibility index (Phi) is 6.18. The van der Waals surface area contributed by atoms with Gasteiger partial charge in [-0.1, -0.05) is 13.8 Å². The van der Waals surface area contributed by atoms with Crippen LogP contribution in [0.4, 0.5) is 5.69 Å². The second-order valence-corrected chi connectivity index (χ2v) is 7.89. The minimum absolute atomic E-state index is 0.0672. The maximum Gasteiger partial charge on any atom is 0.241 e. The van der Waals surface area contributed by atoms with Crippen LogP contribution in [-0.2, 0) is 26.0 Å². The minimum atomic E-state index is -3.80. The molecule has 0 fully saturated rings. The molecular formula is C17H25N3O4S. The number of anilines is 1. The molecule has 0 aromatic heterocycles. The number of nitrogens with zero attached hydrogens (tertiary/aromatic N) is 2. The molecule has 1 aliphatic rings. The summed E-state index contributed by atoms with van der Waals surface area (Å²) in [4.78, 5) is 27.2. The van der Waals surface area contributed by atoms with Crippen molar-refractivity contribution in [2.45, 2.75) is 38.0 Å². The Morgan fingerprint density at radius 3 is 2.48 bits per heavy atom. The van der Waals surface area contributed by atoms with Crippen LogP contribution in [0.3, 0.4) is 0 Å². The molecular weight excluding hydrogens is 342 g/mol. The van der Waals surface area contributed by atoms with Crippen molar-refractivity contribution in [1.29, 1.82) is 0 Å². The predicted molar refractivity (Wildman–Crippen MR) is 95.9 cm³/mol. The van der Waals surface area contributed by atoms with Gasteiger partial charge in [-0.15, -0.1) is 0 Å². The zero-order valence-electron chi connectivity index (χ0n) is 14.9. The van der Waals surface area contributed by atoms with E-state index in [0.717, 1.165) is 18.5 Å². The Bertz CT molecular complexity index is 755. The second-order valence-electron chi connectivity index (χ2n) is 6.13. The van der Waals surface area contributed by atoms with Gasteiger partial charge >= 0.3 is 0 Å². The van der Waals surface area contributed by atoms with Gasteiger partial charge in [-0.2, -0.15) is 0 Å². The molecule has 0 unspecified atom stereocenters. The molecule has 8 heteroatoms. The van der Waals surface area contributed by atoms with Gasteiger partial charge < -0.3 is 9.80 Å². The average Bonchev–Trinajstić information content (AvgIpc) is 2.86. The second kappa shape index (κ2) is 7.97. The van der Waals surface area contributed by atoms with E-state index in [2.05, 4.69) is 4.72 Å². The normalized spacial score (nSPS) is 13.9. The first kappa shape index (κ1) is 19.4. The third-order valence-electron chi connectivity index (χ3n) is 4.19. The quantitative estimate of drug-likeness (QED) is 0.746. The number of carbonyl (C=O) groups is 2. The van der Waals surface area contributed by atoms with Gasteiger partial charge in [0.1, 0.15) is 0 Å². The van der Waals surface area contributed by atoms with Crippen LogP contribution in [0.15, 0.2) is 23.1 Å². The molecule has 0 aliphatic carbocycles. The molecule has 0 bridgehead atoms. The van der Waals surface area contributed by atoms with Crippen LogP contribution in [-0.4, -0.2) is 51.8 Å². The molecule has 1 aliphatic heterocycles. The fraction of sp³-hybridized carbons (Fsp3) is 0.529. The van der Waals surface area contributed by atoms with E-state index in [9.17, 15) is 18.0 Å². The smallest absolute Gasteiger partial charge is 0.241 e. The van der Waals surface area contributed by atoms with Gasteiger partial charge in [-0.3, -0.25) is 9.59 Å². The molecule has 0 saturated heterocycles. The third-order valence-corrected chi connectivity index (χ3v) is 5.59. The molecule has 1 aromatic rings. The van der Waals surface area contributed by atoms with Gasteiger partial charge in [0.25, 0.3) is 0 Å². The minimum Gasteiger partial charge on any atom is -0.342 e. The third kappa shape index (κ3) is 4.38. The van der Waals surface area contributed by atoms with Crippen LogP contribution < -0.4 is 9.62 Å². The molecule has 1 aromatic carbocycles. The molecule has 7 nitrogen and oxygen atoms in total. The van der Waals surface area contributed by atoms with E-state index in [0.29, 0.717) is 18.7 Å². The average molecular weight is 367 g/mol. The lowest BCUT2D eigenvalue weighted by Gasteiger charge is -2.21. The number of likely N-dealkylation sites (N-methyl/N-ethyl adjacent to an activating group) is 1. The molecule has 138 valence electrons. The van der Waals surface area contributed by atoms with E-state index in [1.807, 2.05) is 13.8 Å². The summed E-state index contributed by atoms with van der Waals surface area (Å²) in [6.07, 6.45) is 1.84. The summed E-state index contributed by atoms with van der Waals surface area (Å²) in [5.74, 6) is -0.300. The zero-order valence-corrected chi connectivity index (χ0v) is 15.7. The summed E-state index contributed by atoms with van der Waals surface area (Å²) in [6.45, 7) is 4.91. The summed E-state index contributed by atoms with van der Waals surface area (Å²) < 4.78 is 27.3. The van der Waals surface area contributed by atoms with E-state index in [1.165, 1.54) is 17.0 Å². The van der Waals surface area contributed by atoms with Crippen molar-refractivity contribution >= 4 is 27.5 Å².